The highest BCUT2D eigenvalue weighted by Gasteiger charge is 2.00. The molecule has 0 saturated heterocycles. The van der Waals surface area contributed by atoms with Gasteiger partial charge in [-0.3, -0.25) is 0 Å². The van der Waals surface area contributed by atoms with Crippen molar-refractivity contribution < 1.29 is 10.2 Å². The fourth-order valence-corrected chi connectivity index (χ4v) is 1.16. The molecule has 1 unspecified atom stereocenters. The van der Waals surface area contributed by atoms with Crippen LogP contribution < -0.4 is 5.32 Å². The predicted molar refractivity (Wildman–Crippen MR) is 55.1 cm³/mol. The molecule has 0 fully saturated rings. The van der Waals surface area contributed by atoms with Gasteiger partial charge in [0.15, 0.2) is 0 Å². The molecule has 1 heterocycles. The predicted octanol–water partition coefficient (Wildman–Crippen LogP) is -0.869. The smallest absolute Gasteiger partial charge is 0.0964 e. The lowest BCUT2D eigenvalue weighted by atomic mass is 10.3. The lowest BCUT2D eigenvalue weighted by Crippen LogP contribution is -2.18. The number of hydrogen-bond acceptors (Lipinski definition) is 5. The van der Waals surface area contributed by atoms with Crippen LogP contribution in [0.4, 0.5) is 0 Å². The maximum atomic E-state index is 9.02. The van der Waals surface area contributed by atoms with Crippen molar-refractivity contribution in [2.24, 2.45) is 0 Å². The molecule has 0 amide bonds. The number of hydrogen-bond donors (Lipinski definition) is 3. The van der Waals surface area contributed by atoms with E-state index in [0.29, 0.717) is 13.1 Å². The summed E-state index contributed by atoms with van der Waals surface area (Å²) in [5.74, 6) is 0. The van der Waals surface area contributed by atoms with Crippen LogP contribution >= 0.6 is 0 Å². The summed E-state index contributed by atoms with van der Waals surface area (Å²) in [6.07, 6.45) is 2.25. The zero-order valence-corrected chi connectivity index (χ0v) is 8.93. The standard InChI is InChI=1S/C9H18N4O2/c1-8(15)2-3-10-6-9-7-13(4-5-14)12-11-9/h7-8,10,14-15H,2-6H2,1H3. The monoisotopic (exact) mass is 214 g/mol. The Morgan fingerprint density at radius 3 is 3.07 bits per heavy atom. The van der Waals surface area contributed by atoms with E-state index >= 15 is 0 Å². The van der Waals surface area contributed by atoms with Gasteiger partial charge in [-0.1, -0.05) is 5.21 Å². The van der Waals surface area contributed by atoms with E-state index in [1.165, 1.54) is 0 Å². The first-order chi connectivity index (χ1) is 7.22. The van der Waals surface area contributed by atoms with Crippen molar-refractivity contribution in [2.75, 3.05) is 13.2 Å². The second kappa shape index (κ2) is 6.49. The van der Waals surface area contributed by atoms with Crippen molar-refractivity contribution >= 4 is 0 Å². The summed E-state index contributed by atoms with van der Waals surface area (Å²) >= 11 is 0. The van der Waals surface area contributed by atoms with Crippen LogP contribution in [-0.4, -0.2) is 44.5 Å². The van der Waals surface area contributed by atoms with Crippen LogP contribution in [0.15, 0.2) is 6.20 Å². The minimum Gasteiger partial charge on any atom is -0.394 e. The third-order valence-corrected chi connectivity index (χ3v) is 1.96. The molecule has 1 atom stereocenters. The zero-order valence-electron chi connectivity index (χ0n) is 8.93. The molecule has 0 radical (unpaired) electrons. The van der Waals surface area contributed by atoms with Gasteiger partial charge in [0.2, 0.25) is 0 Å². The van der Waals surface area contributed by atoms with Crippen molar-refractivity contribution in [1.82, 2.24) is 20.3 Å². The summed E-state index contributed by atoms with van der Waals surface area (Å²) in [5, 5.41) is 28.6. The first-order valence-electron chi connectivity index (χ1n) is 5.11. The number of aliphatic hydroxyl groups excluding tert-OH is 2. The average Bonchev–Trinajstić information content (AvgIpc) is 2.61. The van der Waals surface area contributed by atoms with Crippen LogP contribution in [0.5, 0.6) is 0 Å². The lowest BCUT2D eigenvalue weighted by molar-refractivity contribution is 0.183. The van der Waals surface area contributed by atoms with E-state index in [0.717, 1.165) is 18.7 Å². The number of aromatic nitrogens is 3. The summed E-state index contributed by atoms with van der Waals surface area (Å²) in [6.45, 7) is 3.70. The molecule has 6 heteroatoms. The van der Waals surface area contributed by atoms with E-state index in [-0.39, 0.29) is 12.7 Å². The Balaban J connectivity index is 2.19. The molecule has 0 bridgehead atoms. The highest BCUT2D eigenvalue weighted by atomic mass is 16.3. The van der Waals surface area contributed by atoms with E-state index in [1.54, 1.807) is 17.8 Å². The van der Waals surface area contributed by atoms with Crippen molar-refractivity contribution in [3.63, 3.8) is 0 Å². The van der Waals surface area contributed by atoms with Crippen LogP contribution in [0.25, 0.3) is 0 Å². The van der Waals surface area contributed by atoms with Crippen molar-refractivity contribution in [2.45, 2.75) is 32.5 Å². The van der Waals surface area contributed by atoms with Gasteiger partial charge in [0.25, 0.3) is 0 Å². The summed E-state index contributed by atoms with van der Waals surface area (Å²) in [5.41, 5.74) is 0.842. The molecule has 0 spiro atoms. The highest BCUT2D eigenvalue weighted by molar-refractivity contribution is 4.91. The van der Waals surface area contributed by atoms with Gasteiger partial charge in [-0.2, -0.15) is 0 Å². The van der Waals surface area contributed by atoms with Gasteiger partial charge in [0, 0.05) is 12.7 Å². The first-order valence-corrected chi connectivity index (χ1v) is 5.11. The fourth-order valence-electron chi connectivity index (χ4n) is 1.16. The van der Waals surface area contributed by atoms with Gasteiger partial charge in [0.1, 0.15) is 0 Å². The Morgan fingerprint density at radius 1 is 1.60 bits per heavy atom. The first kappa shape index (κ1) is 12.1. The number of aliphatic hydroxyl groups is 2. The van der Waals surface area contributed by atoms with Crippen LogP contribution in [0.1, 0.15) is 19.0 Å². The Kier molecular flexibility index (Phi) is 5.23. The third-order valence-electron chi connectivity index (χ3n) is 1.96. The molecule has 0 saturated carbocycles. The van der Waals surface area contributed by atoms with Gasteiger partial charge in [-0.25, -0.2) is 4.68 Å². The highest BCUT2D eigenvalue weighted by Crippen LogP contribution is 1.93. The minimum atomic E-state index is -0.275. The maximum absolute atomic E-state index is 9.02. The molecule has 1 aromatic heterocycles. The van der Waals surface area contributed by atoms with Crippen molar-refractivity contribution in [1.29, 1.82) is 0 Å². The second-order valence-electron chi connectivity index (χ2n) is 3.51. The van der Waals surface area contributed by atoms with Gasteiger partial charge in [-0.15, -0.1) is 5.10 Å². The summed E-state index contributed by atoms with van der Waals surface area (Å²) in [7, 11) is 0. The second-order valence-corrected chi connectivity index (χ2v) is 3.51. The number of nitrogens with one attached hydrogen (secondary N) is 1. The summed E-state index contributed by atoms with van der Waals surface area (Å²) in [6, 6.07) is 0. The van der Waals surface area contributed by atoms with Gasteiger partial charge in [-0.05, 0) is 19.9 Å². The van der Waals surface area contributed by atoms with Gasteiger partial charge in [0.05, 0.1) is 24.9 Å². The molecule has 6 nitrogen and oxygen atoms in total. The SMILES string of the molecule is CC(O)CCNCc1cn(CCO)nn1. The number of rotatable bonds is 7. The van der Waals surface area contributed by atoms with E-state index in [1.807, 2.05) is 0 Å². The summed E-state index contributed by atoms with van der Waals surface area (Å²) < 4.78 is 1.60. The third kappa shape index (κ3) is 4.87. The van der Waals surface area contributed by atoms with Crippen LogP contribution in [-0.2, 0) is 13.1 Å². The molecule has 0 aliphatic heterocycles. The Morgan fingerprint density at radius 2 is 2.40 bits per heavy atom. The van der Waals surface area contributed by atoms with Crippen molar-refractivity contribution in [3.05, 3.63) is 11.9 Å². The molecular formula is C9H18N4O2. The minimum absolute atomic E-state index is 0.0677. The van der Waals surface area contributed by atoms with E-state index in [9.17, 15) is 0 Å². The quantitative estimate of drug-likeness (QED) is 0.514. The molecule has 0 aliphatic rings. The van der Waals surface area contributed by atoms with E-state index in [4.69, 9.17) is 10.2 Å². The Bertz CT molecular complexity index is 275. The largest absolute Gasteiger partial charge is 0.394 e. The van der Waals surface area contributed by atoms with Gasteiger partial charge >= 0.3 is 0 Å². The van der Waals surface area contributed by atoms with Crippen LogP contribution in [0.2, 0.25) is 0 Å². The molecule has 86 valence electrons. The van der Waals surface area contributed by atoms with Crippen LogP contribution in [0.3, 0.4) is 0 Å². The fraction of sp³-hybridized carbons (Fsp3) is 0.778. The van der Waals surface area contributed by atoms with Crippen molar-refractivity contribution in [3.8, 4) is 0 Å². The molecule has 0 aliphatic carbocycles. The lowest BCUT2D eigenvalue weighted by Gasteiger charge is -2.03. The molecule has 3 N–H and O–H groups in total. The molecule has 1 rings (SSSR count). The molecular weight excluding hydrogens is 196 g/mol. The zero-order chi connectivity index (χ0) is 11.1. The Labute approximate surface area is 88.9 Å². The van der Waals surface area contributed by atoms with E-state index in [2.05, 4.69) is 15.6 Å². The Hall–Kier alpha value is -0.980. The van der Waals surface area contributed by atoms with Gasteiger partial charge < -0.3 is 15.5 Å². The number of nitrogens with zero attached hydrogens (tertiary/aromatic N) is 3. The molecule has 1 aromatic rings. The maximum Gasteiger partial charge on any atom is 0.0964 e. The summed E-state index contributed by atoms with van der Waals surface area (Å²) in [4.78, 5) is 0. The molecule has 0 aromatic carbocycles. The van der Waals surface area contributed by atoms with E-state index < -0.39 is 0 Å². The van der Waals surface area contributed by atoms with Crippen LogP contribution in [0, 0.1) is 0 Å². The normalized spacial score (nSPS) is 13.0. The topological polar surface area (TPSA) is 83.2 Å². The average molecular weight is 214 g/mol. The molecule has 15 heavy (non-hydrogen) atoms.